The molecule has 0 fully saturated rings. The van der Waals surface area contributed by atoms with Crippen molar-refractivity contribution in [3.63, 3.8) is 0 Å². The van der Waals surface area contributed by atoms with Gasteiger partial charge in [0.25, 0.3) is 0 Å². The van der Waals surface area contributed by atoms with Crippen LogP contribution in [-0.2, 0) is 6.42 Å². The topological polar surface area (TPSA) is 30.0 Å². The van der Waals surface area contributed by atoms with Gasteiger partial charge in [-0.15, -0.1) is 11.3 Å². The lowest BCUT2D eigenvalue weighted by atomic mass is 10.2. The van der Waals surface area contributed by atoms with Crippen LogP contribution in [0.1, 0.15) is 20.2 Å². The Morgan fingerprint density at radius 1 is 1.38 bits per heavy atom. The molecule has 0 saturated heterocycles. The zero-order chi connectivity index (χ0) is 11.5. The second kappa shape index (κ2) is 4.89. The summed E-state index contributed by atoms with van der Waals surface area (Å²) in [6.07, 6.45) is 2.08. The van der Waals surface area contributed by atoms with Crippen molar-refractivity contribution in [2.24, 2.45) is 0 Å². The fourth-order valence-corrected chi connectivity index (χ4v) is 2.39. The minimum absolute atomic E-state index is 0.132. The number of aromatic nitrogens is 1. The number of carbonyl (C=O) groups excluding carboxylic acids is 1. The molecule has 0 spiro atoms. The van der Waals surface area contributed by atoms with Crippen LogP contribution in [0.15, 0.2) is 34.9 Å². The first-order valence-electron chi connectivity index (χ1n) is 4.85. The Balaban J connectivity index is 2.10. The van der Waals surface area contributed by atoms with Crippen LogP contribution in [0.3, 0.4) is 0 Å². The molecule has 0 amide bonds. The molecule has 2 heterocycles. The van der Waals surface area contributed by atoms with Crippen LogP contribution in [0.5, 0.6) is 0 Å². The van der Waals surface area contributed by atoms with Gasteiger partial charge in [0.1, 0.15) is 0 Å². The summed E-state index contributed by atoms with van der Waals surface area (Å²) in [5.41, 5.74) is 0.805. The van der Waals surface area contributed by atoms with E-state index in [1.165, 1.54) is 11.3 Å². The molecule has 2 rings (SSSR count). The Morgan fingerprint density at radius 3 is 2.75 bits per heavy atom. The van der Waals surface area contributed by atoms with Crippen LogP contribution in [0.25, 0.3) is 0 Å². The number of aryl methyl sites for hydroxylation is 1. The standard InChI is InChI=1S/C12H10BrNOS/c1-8-2-5-12(16-8)11(15)6-10-4-3-9(13)7-14-10/h2-5,7H,6H2,1H3. The van der Waals surface area contributed by atoms with Crippen molar-refractivity contribution < 1.29 is 4.79 Å². The summed E-state index contributed by atoms with van der Waals surface area (Å²) >= 11 is 4.85. The molecule has 0 radical (unpaired) electrons. The van der Waals surface area contributed by atoms with E-state index in [0.29, 0.717) is 6.42 Å². The monoisotopic (exact) mass is 295 g/mol. The molecule has 2 aromatic heterocycles. The third kappa shape index (κ3) is 2.77. The average Bonchev–Trinajstić information content (AvgIpc) is 2.68. The van der Waals surface area contributed by atoms with Gasteiger partial charge in [0.15, 0.2) is 5.78 Å². The Labute approximate surface area is 106 Å². The number of nitrogens with zero attached hydrogens (tertiary/aromatic N) is 1. The number of ketones is 1. The van der Waals surface area contributed by atoms with Crippen molar-refractivity contribution in [3.8, 4) is 0 Å². The number of thiophene rings is 1. The van der Waals surface area contributed by atoms with Gasteiger partial charge in [0.05, 0.1) is 11.3 Å². The van der Waals surface area contributed by atoms with E-state index in [1.54, 1.807) is 6.20 Å². The first-order chi connectivity index (χ1) is 7.65. The second-order valence-electron chi connectivity index (χ2n) is 3.48. The average molecular weight is 296 g/mol. The molecule has 0 N–H and O–H groups in total. The summed E-state index contributed by atoms with van der Waals surface area (Å²) < 4.78 is 0.927. The largest absolute Gasteiger partial charge is 0.293 e. The van der Waals surface area contributed by atoms with E-state index < -0.39 is 0 Å². The van der Waals surface area contributed by atoms with E-state index in [2.05, 4.69) is 20.9 Å². The summed E-state index contributed by atoms with van der Waals surface area (Å²) in [5, 5.41) is 0. The van der Waals surface area contributed by atoms with Crippen molar-refractivity contribution in [3.05, 3.63) is 50.4 Å². The van der Waals surface area contributed by atoms with Crippen LogP contribution in [0, 0.1) is 6.92 Å². The van der Waals surface area contributed by atoms with Crippen molar-refractivity contribution >= 4 is 33.0 Å². The lowest BCUT2D eigenvalue weighted by Gasteiger charge is -1.98. The molecular formula is C12H10BrNOS. The van der Waals surface area contributed by atoms with Crippen molar-refractivity contribution in [2.45, 2.75) is 13.3 Å². The predicted molar refractivity (Wildman–Crippen MR) is 69.0 cm³/mol. The molecule has 16 heavy (non-hydrogen) atoms. The zero-order valence-electron chi connectivity index (χ0n) is 8.74. The maximum Gasteiger partial charge on any atom is 0.178 e. The smallest absolute Gasteiger partial charge is 0.178 e. The molecule has 0 atom stereocenters. The van der Waals surface area contributed by atoms with Crippen LogP contribution in [-0.4, -0.2) is 10.8 Å². The van der Waals surface area contributed by atoms with E-state index in [0.717, 1.165) is 19.9 Å². The maximum absolute atomic E-state index is 11.9. The van der Waals surface area contributed by atoms with E-state index in [1.807, 2.05) is 31.2 Å². The van der Waals surface area contributed by atoms with Crippen LogP contribution < -0.4 is 0 Å². The predicted octanol–water partition coefficient (Wildman–Crippen LogP) is 3.64. The molecule has 2 nitrogen and oxygen atoms in total. The number of rotatable bonds is 3. The molecule has 0 aromatic carbocycles. The minimum Gasteiger partial charge on any atom is -0.293 e. The number of pyridine rings is 1. The Kier molecular flexibility index (Phi) is 3.51. The Bertz CT molecular complexity index is 504. The van der Waals surface area contributed by atoms with Crippen LogP contribution >= 0.6 is 27.3 Å². The molecule has 82 valence electrons. The van der Waals surface area contributed by atoms with Crippen molar-refractivity contribution in [2.75, 3.05) is 0 Å². The Morgan fingerprint density at radius 2 is 2.19 bits per heavy atom. The third-order valence-electron chi connectivity index (χ3n) is 2.15. The van der Waals surface area contributed by atoms with Crippen molar-refractivity contribution in [1.82, 2.24) is 4.98 Å². The summed E-state index contributed by atoms with van der Waals surface area (Å²) in [5.74, 6) is 0.132. The third-order valence-corrected chi connectivity index (χ3v) is 3.66. The number of Topliss-reactive ketones (excluding diaryl/α,β-unsaturated/α-hetero) is 1. The van der Waals surface area contributed by atoms with Crippen LogP contribution in [0.2, 0.25) is 0 Å². The molecule has 0 aliphatic rings. The van der Waals surface area contributed by atoms with Gasteiger partial charge in [0.2, 0.25) is 0 Å². The van der Waals surface area contributed by atoms with Crippen molar-refractivity contribution in [1.29, 1.82) is 0 Å². The summed E-state index contributed by atoms with van der Waals surface area (Å²) in [7, 11) is 0. The second-order valence-corrected chi connectivity index (χ2v) is 5.68. The first-order valence-corrected chi connectivity index (χ1v) is 6.46. The summed E-state index contributed by atoms with van der Waals surface area (Å²) in [4.78, 5) is 18.0. The van der Waals surface area contributed by atoms with Gasteiger partial charge >= 0.3 is 0 Å². The van der Waals surface area contributed by atoms with Gasteiger partial charge in [-0.05, 0) is 47.1 Å². The van der Waals surface area contributed by atoms with Gasteiger partial charge in [-0.2, -0.15) is 0 Å². The number of halogens is 1. The fourth-order valence-electron chi connectivity index (χ4n) is 1.35. The van der Waals surface area contributed by atoms with E-state index in [4.69, 9.17) is 0 Å². The first kappa shape index (κ1) is 11.5. The van der Waals surface area contributed by atoms with Gasteiger partial charge in [-0.25, -0.2) is 0 Å². The van der Waals surface area contributed by atoms with E-state index in [9.17, 15) is 4.79 Å². The SMILES string of the molecule is Cc1ccc(C(=O)Cc2ccc(Br)cn2)s1. The molecular weight excluding hydrogens is 286 g/mol. The number of hydrogen-bond acceptors (Lipinski definition) is 3. The number of hydrogen-bond donors (Lipinski definition) is 0. The van der Waals surface area contributed by atoms with Crippen LogP contribution in [0.4, 0.5) is 0 Å². The zero-order valence-corrected chi connectivity index (χ0v) is 11.1. The molecule has 0 bridgehead atoms. The Hall–Kier alpha value is -1.00. The molecule has 0 aliphatic carbocycles. The molecule has 4 heteroatoms. The van der Waals surface area contributed by atoms with Gasteiger partial charge in [-0.3, -0.25) is 9.78 Å². The normalized spacial score (nSPS) is 10.4. The highest BCUT2D eigenvalue weighted by atomic mass is 79.9. The van der Waals surface area contributed by atoms with E-state index in [-0.39, 0.29) is 5.78 Å². The molecule has 2 aromatic rings. The van der Waals surface area contributed by atoms with E-state index >= 15 is 0 Å². The maximum atomic E-state index is 11.9. The molecule has 0 unspecified atom stereocenters. The highest BCUT2D eigenvalue weighted by molar-refractivity contribution is 9.10. The molecule has 0 aliphatic heterocycles. The minimum atomic E-state index is 0.132. The molecule has 0 saturated carbocycles. The van der Waals surface area contributed by atoms with Gasteiger partial charge in [0, 0.05) is 21.2 Å². The summed E-state index contributed by atoms with van der Waals surface area (Å²) in [6, 6.07) is 7.60. The highest BCUT2D eigenvalue weighted by Crippen LogP contribution is 2.17. The summed E-state index contributed by atoms with van der Waals surface area (Å²) in [6.45, 7) is 2.00. The quantitative estimate of drug-likeness (QED) is 0.809. The number of carbonyl (C=O) groups is 1. The van der Waals surface area contributed by atoms with Gasteiger partial charge in [-0.1, -0.05) is 0 Å². The highest BCUT2D eigenvalue weighted by Gasteiger charge is 2.09. The van der Waals surface area contributed by atoms with Gasteiger partial charge < -0.3 is 0 Å². The lowest BCUT2D eigenvalue weighted by molar-refractivity contribution is 0.0996. The lowest BCUT2D eigenvalue weighted by Crippen LogP contribution is -2.02. The fraction of sp³-hybridized carbons (Fsp3) is 0.167.